The van der Waals surface area contributed by atoms with Gasteiger partial charge in [0, 0.05) is 41.6 Å². The lowest BCUT2D eigenvalue weighted by molar-refractivity contribution is -0.144. The minimum absolute atomic E-state index is 0.0112. The molecule has 1 saturated heterocycles. The lowest BCUT2D eigenvalue weighted by atomic mass is 9.95. The average molecular weight is 460 g/mol. The third-order valence-electron chi connectivity index (χ3n) is 5.89. The number of piperidine rings is 1. The summed E-state index contributed by atoms with van der Waals surface area (Å²) in [6, 6.07) is 9.19. The first kappa shape index (κ1) is 22.7. The molecule has 0 bridgehead atoms. The van der Waals surface area contributed by atoms with Gasteiger partial charge >= 0.3 is 6.18 Å². The number of aryl methyl sites for hydroxylation is 2. The maximum absolute atomic E-state index is 13.0. The molecule has 0 spiro atoms. The SMILES string of the molecule is Cc1nc2nc(C(F)(F)F)nn2c(C)c1CC(=O)N1CCC(C(=O)Nc2ccccc2)CC1. The van der Waals surface area contributed by atoms with E-state index in [4.69, 9.17) is 0 Å². The predicted molar refractivity (Wildman–Crippen MR) is 113 cm³/mol. The highest BCUT2D eigenvalue weighted by molar-refractivity contribution is 5.92. The number of likely N-dealkylation sites (tertiary alicyclic amines) is 1. The van der Waals surface area contributed by atoms with Gasteiger partial charge in [-0.3, -0.25) is 9.59 Å². The number of amides is 2. The Hall–Kier alpha value is -3.50. The zero-order valence-electron chi connectivity index (χ0n) is 18.2. The molecule has 174 valence electrons. The number of hydrogen-bond acceptors (Lipinski definition) is 5. The number of para-hydroxylation sites is 1. The van der Waals surface area contributed by atoms with Gasteiger partial charge in [-0.15, -0.1) is 5.10 Å². The van der Waals surface area contributed by atoms with E-state index in [0.717, 1.165) is 10.2 Å². The van der Waals surface area contributed by atoms with Crippen molar-refractivity contribution in [2.45, 2.75) is 39.3 Å². The Morgan fingerprint density at radius 1 is 1.09 bits per heavy atom. The Labute approximate surface area is 187 Å². The summed E-state index contributed by atoms with van der Waals surface area (Å²) < 4.78 is 39.9. The number of fused-ring (bicyclic) bond motifs is 1. The molecule has 4 rings (SSSR count). The van der Waals surface area contributed by atoms with Crippen LogP contribution in [0.5, 0.6) is 0 Å². The first-order chi connectivity index (χ1) is 15.6. The van der Waals surface area contributed by atoms with Crippen LogP contribution in [0.15, 0.2) is 30.3 Å². The minimum Gasteiger partial charge on any atom is -0.342 e. The Kier molecular flexibility index (Phi) is 6.05. The Bertz CT molecular complexity index is 1180. The van der Waals surface area contributed by atoms with Crippen LogP contribution in [0.2, 0.25) is 0 Å². The number of benzene rings is 1. The van der Waals surface area contributed by atoms with E-state index in [0.29, 0.717) is 42.9 Å². The number of alkyl halides is 3. The van der Waals surface area contributed by atoms with Crippen LogP contribution < -0.4 is 5.32 Å². The lowest BCUT2D eigenvalue weighted by Crippen LogP contribution is -2.42. The van der Waals surface area contributed by atoms with Gasteiger partial charge in [-0.05, 0) is 38.8 Å². The van der Waals surface area contributed by atoms with E-state index in [2.05, 4.69) is 20.4 Å². The van der Waals surface area contributed by atoms with Crippen molar-refractivity contribution < 1.29 is 22.8 Å². The maximum Gasteiger partial charge on any atom is 0.453 e. The van der Waals surface area contributed by atoms with Crippen molar-refractivity contribution in [3.8, 4) is 0 Å². The highest BCUT2D eigenvalue weighted by atomic mass is 19.4. The summed E-state index contributed by atoms with van der Waals surface area (Å²) in [6.45, 7) is 4.10. The fourth-order valence-corrected chi connectivity index (χ4v) is 4.00. The zero-order chi connectivity index (χ0) is 23.8. The summed E-state index contributed by atoms with van der Waals surface area (Å²) in [7, 11) is 0. The molecule has 2 aromatic heterocycles. The van der Waals surface area contributed by atoms with Crippen molar-refractivity contribution in [2.24, 2.45) is 5.92 Å². The van der Waals surface area contributed by atoms with E-state index in [1.165, 1.54) is 0 Å². The van der Waals surface area contributed by atoms with Crippen molar-refractivity contribution in [3.05, 3.63) is 53.1 Å². The van der Waals surface area contributed by atoms with Crippen molar-refractivity contribution in [3.63, 3.8) is 0 Å². The normalized spacial score (nSPS) is 15.1. The minimum atomic E-state index is -4.68. The third kappa shape index (κ3) is 4.81. The summed E-state index contributed by atoms with van der Waals surface area (Å²) in [5.41, 5.74) is 2.09. The molecule has 33 heavy (non-hydrogen) atoms. The Morgan fingerprint density at radius 2 is 1.76 bits per heavy atom. The number of nitrogens with one attached hydrogen (secondary N) is 1. The molecular weight excluding hydrogens is 437 g/mol. The van der Waals surface area contributed by atoms with Gasteiger partial charge in [-0.1, -0.05) is 18.2 Å². The molecule has 11 heteroatoms. The van der Waals surface area contributed by atoms with Crippen LogP contribution in [0.4, 0.5) is 18.9 Å². The van der Waals surface area contributed by atoms with Crippen LogP contribution in [0, 0.1) is 19.8 Å². The molecule has 1 N–H and O–H groups in total. The van der Waals surface area contributed by atoms with Gasteiger partial charge in [0.25, 0.3) is 11.6 Å². The van der Waals surface area contributed by atoms with E-state index in [-0.39, 0.29) is 29.9 Å². The van der Waals surface area contributed by atoms with Crippen molar-refractivity contribution in [2.75, 3.05) is 18.4 Å². The number of carbonyl (C=O) groups is 2. The lowest BCUT2D eigenvalue weighted by Gasteiger charge is -2.31. The fraction of sp³-hybridized carbons (Fsp3) is 0.409. The second kappa shape index (κ2) is 8.80. The van der Waals surface area contributed by atoms with Gasteiger partial charge < -0.3 is 10.2 Å². The summed E-state index contributed by atoms with van der Waals surface area (Å²) in [6.07, 6.45) is -3.61. The number of halogens is 3. The molecule has 3 heterocycles. The van der Waals surface area contributed by atoms with Crippen LogP contribution >= 0.6 is 0 Å². The Balaban J connectivity index is 1.41. The first-order valence-electron chi connectivity index (χ1n) is 10.6. The number of nitrogens with zero attached hydrogens (tertiary/aromatic N) is 5. The molecule has 2 amide bonds. The van der Waals surface area contributed by atoms with Crippen LogP contribution in [-0.4, -0.2) is 49.4 Å². The molecule has 1 fully saturated rings. The number of aromatic nitrogens is 4. The second-order valence-electron chi connectivity index (χ2n) is 8.09. The molecule has 1 aromatic carbocycles. The molecule has 8 nitrogen and oxygen atoms in total. The standard InChI is InChI=1S/C22H23F3N6O2/c1-13-17(14(2)31-21(26-13)28-20(29-31)22(23,24)25)12-18(32)30-10-8-15(9-11-30)19(33)27-16-6-4-3-5-7-16/h3-7,15H,8-12H2,1-2H3,(H,27,33). The molecule has 0 atom stereocenters. The van der Waals surface area contributed by atoms with Crippen molar-refractivity contribution in [1.82, 2.24) is 24.5 Å². The van der Waals surface area contributed by atoms with Crippen LogP contribution in [0.25, 0.3) is 5.78 Å². The summed E-state index contributed by atoms with van der Waals surface area (Å²) in [4.78, 5) is 34.7. The van der Waals surface area contributed by atoms with Crippen molar-refractivity contribution in [1.29, 1.82) is 0 Å². The van der Waals surface area contributed by atoms with Crippen LogP contribution in [-0.2, 0) is 22.2 Å². The first-order valence-corrected chi connectivity index (χ1v) is 10.6. The molecule has 0 unspecified atom stereocenters. The summed E-state index contributed by atoms with van der Waals surface area (Å²) in [5.74, 6) is -1.84. The summed E-state index contributed by atoms with van der Waals surface area (Å²) in [5, 5.41) is 6.41. The van der Waals surface area contributed by atoms with E-state index >= 15 is 0 Å². The zero-order valence-corrected chi connectivity index (χ0v) is 18.2. The monoisotopic (exact) mass is 460 g/mol. The van der Waals surface area contributed by atoms with Gasteiger partial charge in [-0.2, -0.15) is 18.2 Å². The van der Waals surface area contributed by atoms with E-state index in [1.54, 1.807) is 18.7 Å². The smallest absolute Gasteiger partial charge is 0.342 e. The Morgan fingerprint density at radius 3 is 2.39 bits per heavy atom. The molecular formula is C22H23F3N6O2. The third-order valence-corrected chi connectivity index (χ3v) is 5.89. The molecule has 0 aliphatic carbocycles. The molecule has 0 saturated carbocycles. The highest BCUT2D eigenvalue weighted by Crippen LogP contribution is 2.27. The molecule has 0 radical (unpaired) electrons. The van der Waals surface area contributed by atoms with Gasteiger partial charge in [0.2, 0.25) is 11.8 Å². The van der Waals surface area contributed by atoms with Gasteiger partial charge in [0.15, 0.2) is 0 Å². The maximum atomic E-state index is 13.0. The van der Waals surface area contributed by atoms with E-state index in [1.807, 2.05) is 30.3 Å². The average Bonchev–Trinajstić information content (AvgIpc) is 3.22. The molecule has 1 aliphatic heterocycles. The largest absolute Gasteiger partial charge is 0.453 e. The second-order valence-corrected chi connectivity index (χ2v) is 8.09. The van der Waals surface area contributed by atoms with Gasteiger partial charge in [-0.25, -0.2) is 9.50 Å². The molecule has 3 aromatic rings. The van der Waals surface area contributed by atoms with Crippen LogP contribution in [0.3, 0.4) is 0 Å². The van der Waals surface area contributed by atoms with E-state index in [9.17, 15) is 22.8 Å². The summed E-state index contributed by atoms with van der Waals surface area (Å²) >= 11 is 0. The fourth-order valence-electron chi connectivity index (χ4n) is 4.00. The van der Waals surface area contributed by atoms with E-state index < -0.39 is 12.0 Å². The van der Waals surface area contributed by atoms with Gasteiger partial charge in [0.05, 0.1) is 6.42 Å². The molecule has 1 aliphatic rings. The topological polar surface area (TPSA) is 92.5 Å². The predicted octanol–water partition coefficient (Wildman–Crippen LogP) is 3.18. The highest BCUT2D eigenvalue weighted by Gasteiger charge is 2.37. The number of hydrogen-bond donors (Lipinski definition) is 1. The quantitative estimate of drug-likeness (QED) is 0.646. The van der Waals surface area contributed by atoms with Crippen molar-refractivity contribution >= 4 is 23.3 Å². The number of rotatable bonds is 4. The van der Waals surface area contributed by atoms with Crippen LogP contribution in [0.1, 0.15) is 35.6 Å². The number of anilines is 1. The number of carbonyl (C=O) groups excluding carboxylic acids is 2. The van der Waals surface area contributed by atoms with Gasteiger partial charge in [0.1, 0.15) is 0 Å².